The third-order valence-corrected chi connectivity index (χ3v) is 5.23. The molecule has 182 valence electrons. The first kappa shape index (κ1) is 23.8. The average molecular weight is 480 g/mol. The van der Waals surface area contributed by atoms with Crippen molar-refractivity contribution in [1.82, 2.24) is 15.0 Å². The predicted molar refractivity (Wildman–Crippen MR) is 127 cm³/mol. The predicted octanol–water partition coefficient (Wildman–Crippen LogP) is 3.21. The molecule has 3 heterocycles. The van der Waals surface area contributed by atoms with Gasteiger partial charge in [-0.15, -0.1) is 0 Å². The number of nitro benzene ring substituents is 1. The number of ether oxygens (including phenoxy) is 3. The Bertz CT molecular complexity index is 1230. The van der Waals surface area contributed by atoms with Gasteiger partial charge in [0.15, 0.2) is 0 Å². The maximum absolute atomic E-state index is 12.2. The molecule has 0 unspecified atom stereocenters. The molecule has 1 aliphatic rings. The summed E-state index contributed by atoms with van der Waals surface area (Å²) in [5.41, 5.74) is 1.93. The van der Waals surface area contributed by atoms with Gasteiger partial charge >= 0.3 is 5.97 Å². The molecule has 1 N–H and O–H groups in total. The molecular formula is C23H24N6O6. The molecule has 12 nitrogen and oxygen atoms in total. The normalized spacial score (nSPS) is 13.3. The summed E-state index contributed by atoms with van der Waals surface area (Å²) in [6.07, 6.45) is 4.70. The number of rotatable bonds is 8. The number of aromatic nitrogens is 3. The maximum Gasteiger partial charge on any atom is 0.339 e. The number of benzene rings is 1. The molecule has 1 saturated heterocycles. The number of morpholine rings is 1. The number of hydrogen-bond acceptors (Lipinski definition) is 11. The van der Waals surface area contributed by atoms with E-state index in [1.54, 1.807) is 31.5 Å². The number of non-ortho nitro benzene ring substituents is 1. The van der Waals surface area contributed by atoms with Gasteiger partial charge in [0.05, 0.1) is 49.2 Å². The van der Waals surface area contributed by atoms with Crippen LogP contribution < -0.4 is 15.0 Å². The molecule has 0 spiro atoms. The number of hydrogen-bond donors (Lipinski definition) is 1. The lowest BCUT2D eigenvalue weighted by Gasteiger charge is -2.29. The second-order valence-electron chi connectivity index (χ2n) is 7.51. The highest BCUT2D eigenvalue weighted by atomic mass is 16.6. The average Bonchev–Trinajstić information content (AvgIpc) is 2.89. The summed E-state index contributed by atoms with van der Waals surface area (Å²) in [7, 11) is 1.43. The first-order valence-corrected chi connectivity index (χ1v) is 10.9. The lowest BCUT2D eigenvalue weighted by Crippen LogP contribution is -2.37. The van der Waals surface area contributed by atoms with Crippen LogP contribution in [-0.2, 0) is 9.47 Å². The van der Waals surface area contributed by atoms with Gasteiger partial charge in [-0.25, -0.2) is 9.78 Å². The monoisotopic (exact) mass is 480 g/mol. The van der Waals surface area contributed by atoms with E-state index in [9.17, 15) is 14.9 Å². The number of carbonyl (C=O) groups excluding carboxylic acids is 1. The van der Waals surface area contributed by atoms with Crippen LogP contribution in [0.4, 0.5) is 23.1 Å². The summed E-state index contributed by atoms with van der Waals surface area (Å²) >= 11 is 0. The standard InChI is InChI=1S/C23H24N6O6/c1-3-35-22(30)16-8-15(12-24-13-16)20-14-25-23(27-21(20)28-4-6-34-7-5-28)26-17-9-18(29(31)32)11-19(10-17)33-2/h8-14H,3-7H2,1-2H3,(H,25,26,27). The lowest BCUT2D eigenvalue weighted by molar-refractivity contribution is -0.384. The van der Waals surface area contributed by atoms with Gasteiger partial charge in [0.2, 0.25) is 5.95 Å². The molecule has 0 saturated carbocycles. The van der Waals surface area contributed by atoms with Gasteiger partial charge in [0.25, 0.3) is 5.69 Å². The minimum Gasteiger partial charge on any atom is -0.496 e. The summed E-state index contributed by atoms with van der Waals surface area (Å²) < 4.78 is 15.7. The van der Waals surface area contributed by atoms with Gasteiger partial charge in [-0.3, -0.25) is 15.1 Å². The molecule has 0 radical (unpaired) electrons. The van der Waals surface area contributed by atoms with Crippen LogP contribution in [0.5, 0.6) is 5.75 Å². The van der Waals surface area contributed by atoms with Crippen molar-refractivity contribution in [3.63, 3.8) is 0 Å². The van der Waals surface area contributed by atoms with Gasteiger partial charge in [-0.1, -0.05) is 0 Å². The molecule has 12 heteroatoms. The summed E-state index contributed by atoms with van der Waals surface area (Å²) in [5, 5.41) is 14.3. The number of nitrogens with one attached hydrogen (secondary N) is 1. The SMILES string of the molecule is CCOC(=O)c1cncc(-c2cnc(Nc3cc(OC)cc([N+](=O)[O-])c3)nc2N2CCOCC2)c1. The fourth-order valence-electron chi connectivity index (χ4n) is 3.57. The van der Waals surface area contributed by atoms with Crippen LogP contribution >= 0.6 is 0 Å². The van der Waals surface area contributed by atoms with Crippen molar-refractivity contribution in [2.75, 3.05) is 50.2 Å². The molecule has 35 heavy (non-hydrogen) atoms. The van der Waals surface area contributed by atoms with Crippen LogP contribution in [0, 0.1) is 10.1 Å². The smallest absolute Gasteiger partial charge is 0.339 e. The van der Waals surface area contributed by atoms with E-state index >= 15 is 0 Å². The number of methoxy groups -OCH3 is 1. The topological polar surface area (TPSA) is 142 Å². The molecule has 0 bridgehead atoms. The van der Waals surface area contributed by atoms with E-state index in [0.29, 0.717) is 60.2 Å². The summed E-state index contributed by atoms with van der Waals surface area (Å²) in [5.74, 6) is 0.723. The molecule has 0 amide bonds. The van der Waals surface area contributed by atoms with E-state index in [4.69, 9.17) is 19.2 Å². The van der Waals surface area contributed by atoms with Crippen molar-refractivity contribution in [2.45, 2.75) is 6.92 Å². The number of nitro groups is 1. The fraction of sp³-hybridized carbons (Fsp3) is 0.304. The Hall–Kier alpha value is -4.32. The van der Waals surface area contributed by atoms with Crippen molar-refractivity contribution >= 4 is 29.1 Å². The fourth-order valence-corrected chi connectivity index (χ4v) is 3.57. The van der Waals surface area contributed by atoms with E-state index in [1.807, 2.05) is 0 Å². The van der Waals surface area contributed by atoms with Crippen molar-refractivity contribution in [3.05, 3.63) is 58.5 Å². The number of nitrogens with zero attached hydrogens (tertiary/aromatic N) is 5. The van der Waals surface area contributed by atoms with Gasteiger partial charge in [-0.2, -0.15) is 4.98 Å². The number of anilines is 3. The van der Waals surface area contributed by atoms with E-state index in [1.165, 1.54) is 25.4 Å². The van der Waals surface area contributed by atoms with E-state index in [-0.39, 0.29) is 18.2 Å². The Balaban J connectivity index is 1.72. The molecule has 3 aromatic rings. The minimum atomic E-state index is -0.500. The minimum absolute atomic E-state index is 0.126. The van der Waals surface area contributed by atoms with Gasteiger partial charge < -0.3 is 24.4 Å². The van der Waals surface area contributed by atoms with Crippen molar-refractivity contribution in [2.24, 2.45) is 0 Å². The van der Waals surface area contributed by atoms with Gasteiger partial charge in [0, 0.05) is 54.9 Å². The quantitative estimate of drug-likeness (QED) is 0.288. The zero-order valence-corrected chi connectivity index (χ0v) is 19.3. The first-order valence-electron chi connectivity index (χ1n) is 10.9. The van der Waals surface area contributed by atoms with E-state index in [2.05, 4.69) is 20.2 Å². The zero-order chi connectivity index (χ0) is 24.8. The van der Waals surface area contributed by atoms with Gasteiger partial charge in [0.1, 0.15) is 11.6 Å². The highest BCUT2D eigenvalue weighted by Crippen LogP contribution is 2.32. The highest BCUT2D eigenvalue weighted by Gasteiger charge is 2.21. The third kappa shape index (κ3) is 5.61. The van der Waals surface area contributed by atoms with E-state index in [0.717, 1.165) is 0 Å². The Kier molecular flexibility index (Phi) is 7.31. The van der Waals surface area contributed by atoms with Crippen LogP contribution in [0.3, 0.4) is 0 Å². The summed E-state index contributed by atoms with van der Waals surface area (Å²) in [6, 6.07) is 6.01. The van der Waals surface area contributed by atoms with Crippen LogP contribution in [0.25, 0.3) is 11.1 Å². The molecule has 1 aliphatic heterocycles. The number of esters is 1. The highest BCUT2D eigenvalue weighted by molar-refractivity contribution is 5.91. The molecule has 0 atom stereocenters. The van der Waals surface area contributed by atoms with Crippen LogP contribution in [0.2, 0.25) is 0 Å². The number of pyridine rings is 1. The maximum atomic E-state index is 12.2. The molecule has 4 rings (SSSR count). The third-order valence-electron chi connectivity index (χ3n) is 5.23. The largest absolute Gasteiger partial charge is 0.496 e. The van der Waals surface area contributed by atoms with E-state index < -0.39 is 10.9 Å². The first-order chi connectivity index (χ1) is 17.0. The van der Waals surface area contributed by atoms with Crippen LogP contribution in [0.1, 0.15) is 17.3 Å². The van der Waals surface area contributed by atoms with Crippen molar-refractivity contribution in [1.29, 1.82) is 0 Å². The Morgan fingerprint density at radius 1 is 1.20 bits per heavy atom. The molecular weight excluding hydrogens is 456 g/mol. The van der Waals surface area contributed by atoms with Crippen LogP contribution in [-0.4, -0.2) is 65.9 Å². The van der Waals surface area contributed by atoms with Gasteiger partial charge in [-0.05, 0) is 13.0 Å². The number of carbonyl (C=O) groups is 1. The zero-order valence-electron chi connectivity index (χ0n) is 19.3. The summed E-state index contributed by atoms with van der Waals surface area (Å²) in [4.78, 5) is 38.4. The Labute approximate surface area is 201 Å². The summed E-state index contributed by atoms with van der Waals surface area (Å²) in [6.45, 7) is 4.29. The Morgan fingerprint density at radius 2 is 2.00 bits per heavy atom. The Morgan fingerprint density at radius 3 is 2.71 bits per heavy atom. The lowest BCUT2D eigenvalue weighted by atomic mass is 10.1. The molecule has 1 fully saturated rings. The second kappa shape index (κ2) is 10.7. The van der Waals surface area contributed by atoms with Crippen molar-refractivity contribution < 1.29 is 23.9 Å². The van der Waals surface area contributed by atoms with Crippen LogP contribution in [0.15, 0.2) is 42.9 Å². The molecule has 1 aromatic carbocycles. The molecule has 0 aliphatic carbocycles. The van der Waals surface area contributed by atoms with Crippen molar-refractivity contribution in [3.8, 4) is 16.9 Å². The molecule has 2 aromatic heterocycles. The second-order valence-corrected chi connectivity index (χ2v) is 7.51.